The molecule has 6 nitrogen and oxygen atoms in total. The van der Waals surface area contributed by atoms with Crippen LogP contribution in [0.4, 0.5) is 11.4 Å². The Morgan fingerprint density at radius 2 is 2.10 bits per heavy atom. The van der Waals surface area contributed by atoms with E-state index in [9.17, 15) is 8.42 Å². The lowest BCUT2D eigenvalue weighted by Gasteiger charge is -2.40. The number of hydrogen-bond donors (Lipinski definition) is 2. The lowest BCUT2D eigenvalue weighted by Crippen LogP contribution is -2.51. The molecule has 0 saturated carbocycles. The first-order valence-electron chi connectivity index (χ1n) is 7.17. The fraction of sp³-hybridized carbons (Fsp3) is 0.571. The summed E-state index contributed by atoms with van der Waals surface area (Å²) in [5.74, 6) is 0. The standard InChI is InChI=1S/C14H24N4O2S/c1-4-11-10-18(8-7-17(11)3)12-5-6-14(13(15)9-12)21(19,20)16-2/h5-6,9,11,16H,4,7-8,10,15H2,1-3H3. The fourth-order valence-corrected chi connectivity index (χ4v) is 3.54. The van der Waals surface area contributed by atoms with Crippen molar-refractivity contribution in [2.45, 2.75) is 24.3 Å². The first kappa shape index (κ1) is 16.1. The summed E-state index contributed by atoms with van der Waals surface area (Å²) in [6.45, 7) is 5.03. The maximum atomic E-state index is 11.8. The minimum Gasteiger partial charge on any atom is -0.398 e. The van der Waals surface area contributed by atoms with Crippen molar-refractivity contribution in [1.82, 2.24) is 9.62 Å². The summed E-state index contributed by atoms with van der Waals surface area (Å²) < 4.78 is 26.0. The molecular formula is C14H24N4O2S. The first-order valence-corrected chi connectivity index (χ1v) is 8.65. The van der Waals surface area contributed by atoms with Crippen LogP contribution in [0.25, 0.3) is 0 Å². The lowest BCUT2D eigenvalue weighted by atomic mass is 10.1. The molecule has 1 saturated heterocycles. The van der Waals surface area contributed by atoms with E-state index >= 15 is 0 Å². The summed E-state index contributed by atoms with van der Waals surface area (Å²) in [7, 11) is 0.0230. The van der Waals surface area contributed by atoms with E-state index in [-0.39, 0.29) is 10.6 Å². The van der Waals surface area contributed by atoms with Gasteiger partial charge in [-0.3, -0.25) is 4.90 Å². The highest BCUT2D eigenvalue weighted by molar-refractivity contribution is 7.89. The van der Waals surface area contributed by atoms with Crippen LogP contribution in [0, 0.1) is 0 Å². The molecule has 118 valence electrons. The molecule has 1 aromatic rings. The number of benzene rings is 1. The number of nitrogens with two attached hydrogens (primary N) is 1. The Morgan fingerprint density at radius 1 is 1.38 bits per heavy atom. The highest BCUT2D eigenvalue weighted by atomic mass is 32.2. The zero-order valence-electron chi connectivity index (χ0n) is 12.8. The molecule has 1 atom stereocenters. The topological polar surface area (TPSA) is 78.7 Å². The van der Waals surface area contributed by atoms with E-state index in [1.54, 1.807) is 12.1 Å². The van der Waals surface area contributed by atoms with Gasteiger partial charge < -0.3 is 10.6 Å². The van der Waals surface area contributed by atoms with Gasteiger partial charge >= 0.3 is 0 Å². The monoisotopic (exact) mass is 312 g/mol. The molecule has 0 bridgehead atoms. The summed E-state index contributed by atoms with van der Waals surface area (Å²) >= 11 is 0. The van der Waals surface area contributed by atoms with Crippen molar-refractivity contribution >= 4 is 21.4 Å². The van der Waals surface area contributed by atoms with Gasteiger partial charge in [0.2, 0.25) is 10.0 Å². The van der Waals surface area contributed by atoms with Crippen LogP contribution in [-0.2, 0) is 10.0 Å². The Balaban J connectivity index is 2.25. The Bertz CT molecular complexity index is 603. The van der Waals surface area contributed by atoms with Gasteiger partial charge in [0, 0.05) is 31.4 Å². The van der Waals surface area contributed by atoms with E-state index in [1.807, 2.05) is 6.07 Å². The Morgan fingerprint density at radius 3 is 2.67 bits per heavy atom. The van der Waals surface area contributed by atoms with E-state index in [0.29, 0.717) is 6.04 Å². The van der Waals surface area contributed by atoms with Gasteiger partial charge in [0.05, 0.1) is 5.69 Å². The van der Waals surface area contributed by atoms with Crippen molar-refractivity contribution in [2.75, 3.05) is 44.4 Å². The van der Waals surface area contributed by atoms with Crippen LogP contribution in [-0.4, -0.2) is 53.1 Å². The highest BCUT2D eigenvalue weighted by Crippen LogP contribution is 2.26. The molecule has 1 aliphatic heterocycles. The molecule has 0 aliphatic carbocycles. The van der Waals surface area contributed by atoms with Gasteiger partial charge in [-0.1, -0.05) is 6.92 Å². The quantitative estimate of drug-likeness (QED) is 0.801. The summed E-state index contributed by atoms with van der Waals surface area (Å²) in [6.07, 6.45) is 1.09. The zero-order chi connectivity index (χ0) is 15.6. The molecule has 1 aliphatic rings. The maximum Gasteiger partial charge on any atom is 0.242 e. The molecule has 0 spiro atoms. The summed E-state index contributed by atoms with van der Waals surface area (Å²) in [5.41, 5.74) is 7.19. The average Bonchev–Trinajstić information content (AvgIpc) is 2.47. The molecule has 1 fully saturated rings. The number of anilines is 2. The van der Waals surface area contributed by atoms with Crippen LogP contribution in [0.1, 0.15) is 13.3 Å². The second-order valence-corrected chi connectivity index (χ2v) is 7.27. The molecule has 1 heterocycles. The molecule has 1 aromatic carbocycles. The van der Waals surface area contributed by atoms with Crippen LogP contribution in [0.2, 0.25) is 0 Å². The summed E-state index contributed by atoms with van der Waals surface area (Å²) in [6, 6.07) is 5.68. The molecular weight excluding hydrogens is 288 g/mol. The predicted octanol–water partition coefficient (Wildman–Crippen LogP) is 0.707. The minimum absolute atomic E-state index is 0.134. The Hall–Kier alpha value is -1.31. The Kier molecular flexibility index (Phi) is 4.75. The van der Waals surface area contributed by atoms with Crippen molar-refractivity contribution in [3.05, 3.63) is 18.2 Å². The van der Waals surface area contributed by atoms with Gasteiger partial charge in [-0.25, -0.2) is 13.1 Å². The van der Waals surface area contributed by atoms with E-state index in [4.69, 9.17) is 5.73 Å². The van der Waals surface area contributed by atoms with Crippen molar-refractivity contribution in [1.29, 1.82) is 0 Å². The van der Waals surface area contributed by atoms with Gasteiger partial charge in [-0.15, -0.1) is 0 Å². The molecule has 21 heavy (non-hydrogen) atoms. The van der Waals surface area contributed by atoms with E-state index in [2.05, 4.69) is 28.5 Å². The predicted molar refractivity (Wildman–Crippen MR) is 86.0 cm³/mol. The zero-order valence-corrected chi connectivity index (χ0v) is 13.7. The average molecular weight is 312 g/mol. The number of nitrogens with zero attached hydrogens (tertiary/aromatic N) is 2. The van der Waals surface area contributed by atoms with Gasteiger partial charge in [0.15, 0.2) is 0 Å². The normalized spacial score (nSPS) is 20.7. The van der Waals surface area contributed by atoms with Crippen molar-refractivity contribution in [2.24, 2.45) is 0 Å². The maximum absolute atomic E-state index is 11.8. The van der Waals surface area contributed by atoms with Gasteiger partial charge in [0.1, 0.15) is 4.90 Å². The Labute approximate surface area is 127 Å². The summed E-state index contributed by atoms with van der Waals surface area (Å²) in [4.78, 5) is 4.76. The van der Waals surface area contributed by atoms with Gasteiger partial charge in [-0.05, 0) is 38.7 Å². The van der Waals surface area contributed by atoms with Crippen LogP contribution in [0.15, 0.2) is 23.1 Å². The third-order valence-electron chi connectivity index (χ3n) is 4.17. The summed E-state index contributed by atoms with van der Waals surface area (Å²) in [5, 5.41) is 0. The number of nitrogens with one attached hydrogen (secondary N) is 1. The fourth-order valence-electron chi connectivity index (χ4n) is 2.71. The van der Waals surface area contributed by atoms with Crippen LogP contribution in [0.3, 0.4) is 0 Å². The van der Waals surface area contributed by atoms with Crippen LogP contribution >= 0.6 is 0 Å². The molecule has 0 aromatic heterocycles. The molecule has 7 heteroatoms. The second kappa shape index (κ2) is 6.21. The van der Waals surface area contributed by atoms with E-state index in [0.717, 1.165) is 31.7 Å². The SMILES string of the molecule is CCC1CN(c2ccc(S(=O)(=O)NC)c(N)c2)CCN1C. The van der Waals surface area contributed by atoms with Gasteiger partial charge in [0.25, 0.3) is 0 Å². The second-order valence-electron chi connectivity index (χ2n) is 5.42. The molecule has 0 radical (unpaired) electrons. The number of likely N-dealkylation sites (N-methyl/N-ethyl adjacent to an activating group) is 1. The van der Waals surface area contributed by atoms with Crippen LogP contribution in [0.5, 0.6) is 0 Å². The van der Waals surface area contributed by atoms with Gasteiger partial charge in [-0.2, -0.15) is 0 Å². The lowest BCUT2D eigenvalue weighted by molar-refractivity contribution is 0.213. The molecule has 3 N–H and O–H groups in total. The third-order valence-corrected chi connectivity index (χ3v) is 5.65. The molecule has 0 amide bonds. The number of piperazine rings is 1. The highest BCUT2D eigenvalue weighted by Gasteiger charge is 2.24. The van der Waals surface area contributed by atoms with Crippen molar-refractivity contribution in [3.8, 4) is 0 Å². The smallest absolute Gasteiger partial charge is 0.242 e. The van der Waals surface area contributed by atoms with Crippen LogP contribution < -0.4 is 15.4 Å². The largest absolute Gasteiger partial charge is 0.398 e. The minimum atomic E-state index is -3.50. The molecule has 2 rings (SSSR count). The van der Waals surface area contributed by atoms with Crippen molar-refractivity contribution in [3.63, 3.8) is 0 Å². The van der Waals surface area contributed by atoms with E-state index < -0.39 is 10.0 Å². The number of sulfonamides is 1. The van der Waals surface area contributed by atoms with E-state index in [1.165, 1.54) is 7.05 Å². The third kappa shape index (κ3) is 3.30. The first-order chi connectivity index (χ1) is 9.89. The van der Waals surface area contributed by atoms with Crippen molar-refractivity contribution < 1.29 is 8.42 Å². The number of hydrogen-bond acceptors (Lipinski definition) is 5. The molecule has 1 unspecified atom stereocenters. The number of nitrogen functional groups attached to an aromatic ring is 1. The number of rotatable bonds is 4.